The van der Waals surface area contributed by atoms with Crippen LogP contribution in [0.5, 0.6) is 11.8 Å². The first-order valence-corrected chi connectivity index (χ1v) is 13.1. The van der Waals surface area contributed by atoms with Crippen LogP contribution in [0.15, 0.2) is 61.1 Å². The molecule has 0 saturated heterocycles. The Bertz CT molecular complexity index is 1410. The third kappa shape index (κ3) is 4.43. The zero-order valence-electron chi connectivity index (χ0n) is 21.4. The fraction of sp³-hybridized carbons (Fsp3) is 0.367. The molecule has 190 valence electrons. The maximum absolute atomic E-state index is 13.3. The van der Waals surface area contributed by atoms with Crippen LogP contribution in [0, 0.1) is 5.41 Å². The molecule has 2 aliphatic rings. The van der Waals surface area contributed by atoms with Gasteiger partial charge in [-0.15, -0.1) is 0 Å². The largest absolute Gasteiger partial charge is 0.481 e. The van der Waals surface area contributed by atoms with E-state index < -0.39 is 0 Å². The van der Waals surface area contributed by atoms with E-state index >= 15 is 0 Å². The maximum atomic E-state index is 13.3. The van der Waals surface area contributed by atoms with Gasteiger partial charge in [0.1, 0.15) is 0 Å². The molecule has 0 aliphatic heterocycles. The molecule has 1 aromatic carbocycles. The van der Waals surface area contributed by atoms with E-state index in [4.69, 9.17) is 9.47 Å². The number of aromatic nitrogens is 3. The number of fused-ring (bicyclic) bond motifs is 1. The summed E-state index contributed by atoms with van der Waals surface area (Å²) < 4.78 is 13.1. The Labute approximate surface area is 216 Å². The second-order valence-electron chi connectivity index (χ2n) is 10.3. The molecule has 2 aliphatic carbocycles. The number of rotatable bonds is 8. The standard InChI is InChI=1S/C30H32N4O3/c1-3-37-26-10-9-22(17-31-26)21-7-5-20(6-8-21)19-34-14-11-24-27(34)25(18-32-29(24)36-2)28(35)33-23-15-30(16-23)12-4-13-30/h5-11,14,17-18,23H,3-4,12-13,15-16,19H2,1-2H3,(H,33,35). The van der Waals surface area contributed by atoms with Gasteiger partial charge in [0.2, 0.25) is 11.8 Å². The van der Waals surface area contributed by atoms with Crippen LogP contribution in [-0.2, 0) is 6.54 Å². The van der Waals surface area contributed by atoms with Crippen molar-refractivity contribution in [2.45, 2.75) is 51.6 Å². The van der Waals surface area contributed by atoms with Gasteiger partial charge in [-0.05, 0) is 61.3 Å². The minimum Gasteiger partial charge on any atom is -0.481 e. The summed E-state index contributed by atoms with van der Waals surface area (Å²) in [5.41, 5.74) is 5.21. The van der Waals surface area contributed by atoms with Crippen molar-refractivity contribution in [3.63, 3.8) is 0 Å². The quantitative estimate of drug-likeness (QED) is 0.343. The van der Waals surface area contributed by atoms with Gasteiger partial charge in [0.05, 0.1) is 30.2 Å². The van der Waals surface area contributed by atoms with Gasteiger partial charge in [0, 0.05) is 42.8 Å². The Morgan fingerprint density at radius 3 is 2.49 bits per heavy atom. The highest BCUT2D eigenvalue weighted by atomic mass is 16.5. The van der Waals surface area contributed by atoms with Gasteiger partial charge in [-0.1, -0.05) is 30.7 Å². The lowest BCUT2D eigenvalue weighted by molar-refractivity contribution is -0.000608. The Morgan fingerprint density at radius 1 is 1.05 bits per heavy atom. The smallest absolute Gasteiger partial charge is 0.255 e. The summed E-state index contributed by atoms with van der Waals surface area (Å²) in [7, 11) is 1.61. The van der Waals surface area contributed by atoms with E-state index in [9.17, 15) is 4.79 Å². The van der Waals surface area contributed by atoms with Crippen LogP contribution in [0.4, 0.5) is 0 Å². The SMILES string of the molecule is CCOc1ccc(-c2ccc(Cn3ccc4c(OC)ncc(C(=O)NC5CC6(CCC6)C5)c43)cc2)cn1. The topological polar surface area (TPSA) is 78.3 Å². The first kappa shape index (κ1) is 23.5. The predicted molar refractivity (Wildman–Crippen MR) is 143 cm³/mol. The van der Waals surface area contributed by atoms with E-state index in [1.165, 1.54) is 19.3 Å². The Hall–Kier alpha value is -3.87. The molecular weight excluding hydrogens is 464 g/mol. The van der Waals surface area contributed by atoms with E-state index in [1.54, 1.807) is 13.3 Å². The minimum absolute atomic E-state index is 0.0578. The van der Waals surface area contributed by atoms with Gasteiger partial charge < -0.3 is 19.4 Å². The van der Waals surface area contributed by atoms with E-state index in [1.807, 2.05) is 37.5 Å². The lowest BCUT2D eigenvalue weighted by Gasteiger charge is -2.54. The van der Waals surface area contributed by atoms with Crippen LogP contribution in [0.25, 0.3) is 22.0 Å². The van der Waals surface area contributed by atoms with Gasteiger partial charge in [0.25, 0.3) is 5.91 Å². The second-order valence-corrected chi connectivity index (χ2v) is 10.3. The molecule has 7 nitrogen and oxygen atoms in total. The summed E-state index contributed by atoms with van der Waals surface area (Å²) in [6, 6.07) is 14.6. The predicted octanol–water partition coefficient (Wildman–Crippen LogP) is 5.62. The Kier molecular flexibility index (Phi) is 6.07. The molecule has 1 spiro atoms. The highest BCUT2D eigenvalue weighted by molar-refractivity contribution is 6.07. The van der Waals surface area contributed by atoms with Crippen LogP contribution in [0.2, 0.25) is 0 Å². The first-order valence-electron chi connectivity index (χ1n) is 13.1. The van der Waals surface area contributed by atoms with Crippen molar-refractivity contribution in [2.75, 3.05) is 13.7 Å². The van der Waals surface area contributed by atoms with Crippen LogP contribution in [-0.4, -0.2) is 40.2 Å². The van der Waals surface area contributed by atoms with Crippen LogP contribution in [0.3, 0.4) is 0 Å². The van der Waals surface area contributed by atoms with E-state index in [0.717, 1.165) is 40.4 Å². The van der Waals surface area contributed by atoms with E-state index in [-0.39, 0.29) is 11.9 Å². The zero-order chi connectivity index (χ0) is 25.4. The molecule has 0 bridgehead atoms. The third-order valence-corrected chi connectivity index (χ3v) is 7.97. The van der Waals surface area contributed by atoms with Gasteiger partial charge >= 0.3 is 0 Å². The number of ether oxygens (including phenoxy) is 2. The Morgan fingerprint density at radius 2 is 1.84 bits per heavy atom. The van der Waals surface area contributed by atoms with Gasteiger partial charge in [-0.2, -0.15) is 0 Å². The lowest BCUT2D eigenvalue weighted by atomic mass is 9.54. The fourth-order valence-corrected chi connectivity index (χ4v) is 5.88. The zero-order valence-corrected chi connectivity index (χ0v) is 21.4. The molecule has 3 aromatic heterocycles. The molecule has 2 saturated carbocycles. The highest BCUT2D eigenvalue weighted by Gasteiger charge is 2.48. The average Bonchev–Trinajstić information content (AvgIpc) is 3.29. The number of pyridine rings is 2. The number of methoxy groups -OCH3 is 1. The molecule has 1 amide bonds. The molecule has 7 heteroatoms. The normalized spacial score (nSPS) is 16.3. The molecule has 0 radical (unpaired) electrons. The number of amides is 1. The molecular formula is C30H32N4O3. The molecule has 1 N–H and O–H groups in total. The number of hydrogen-bond acceptors (Lipinski definition) is 5. The average molecular weight is 497 g/mol. The number of hydrogen-bond donors (Lipinski definition) is 1. The van der Waals surface area contributed by atoms with Crippen molar-refractivity contribution < 1.29 is 14.3 Å². The van der Waals surface area contributed by atoms with E-state index in [2.05, 4.69) is 44.1 Å². The molecule has 6 rings (SSSR count). The number of carbonyl (C=O) groups excluding carboxylic acids is 1. The van der Waals surface area contributed by atoms with E-state index in [0.29, 0.717) is 35.9 Å². The number of nitrogens with one attached hydrogen (secondary N) is 1. The monoisotopic (exact) mass is 496 g/mol. The summed E-state index contributed by atoms with van der Waals surface area (Å²) in [4.78, 5) is 22.1. The number of benzene rings is 1. The summed E-state index contributed by atoms with van der Waals surface area (Å²) in [5.74, 6) is 1.10. The molecule has 2 fully saturated rings. The van der Waals surface area contributed by atoms with Crippen LogP contribution in [0.1, 0.15) is 54.9 Å². The van der Waals surface area contributed by atoms with Crippen molar-refractivity contribution in [3.8, 4) is 22.9 Å². The van der Waals surface area contributed by atoms with Gasteiger partial charge in [-0.25, -0.2) is 9.97 Å². The number of carbonyl (C=O) groups is 1. The van der Waals surface area contributed by atoms with Gasteiger partial charge in [0.15, 0.2) is 0 Å². The molecule has 3 heterocycles. The lowest BCUT2D eigenvalue weighted by Crippen LogP contribution is -2.53. The molecule has 37 heavy (non-hydrogen) atoms. The maximum Gasteiger partial charge on any atom is 0.255 e. The van der Waals surface area contributed by atoms with Crippen molar-refractivity contribution in [3.05, 3.63) is 72.2 Å². The molecule has 0 atom stereocenters. The highest BCUT2D eigenvalue weighted by Crippen LogP contribution is 2.55. The van der Waals surface area contributed by atoms with Crippen molar-refractivity contribution in [2.24, 2.45) is 5.41 Å². The molecule has 0 unspecified atom stereocenters. The first-order chi connectivity index (χ1) is 18.1. The van der Waals surface area contributed by atoms with Crippen LogP contribution >= 0.6 is 0 Å². The fourth-order valence-electron chi connectivity index (χ4n) is 5.88. The summed E-state index contributed by atoms with van der Waals surface area (Å²) in [5, 5.41) is 4.10. The van der Waals surface area contributed by atoms with Crippen molar-refractivity contribution in [1.29, 1.82) is 0 Å². The summed E-state index contributed by atoms with van der Waals surface area (Å²) in [6.45, 7) is 3.18. The van der Waals surface area contributed by atoms with Gasteiger partial charge in [-0.3, -0.25) is 4.79 Å². The number of nitrogens with zero attached hydrogens (tertiary/aromatic N) is 3. The second kappa shape index (κ2) is 9.54. The van der Waals surface area contributed by atoms with Crippen molar-refractivity contribution >= 4 is 16.8 Å². The van der Waals surface area contributed by atoms with Crippen molar-refractivity contribution in [1.82, 2.24) is 19.9 Å². The van der Waals surface area contributed by atoms with Crippen LogP contribution < -0.4 is 14.8 Å². The Balaban J connectivity index is 1.23. The summed E-state index contributed by atoms with van der Waals surface area (Å²) in [6.07, 6.45) is 11.6. The molecule has 4 aromatic rings. The minimum atomic E-state index is -0.0578. The third-order valence-electron chi connectivity index (χ3n) is 7.97. The summed E-state index contributed by atoms with van der Waals surface area (Å²) >= 11 is 0.